The summed E-state index contributed by atoms with van der Waals surface area (Å²) in [5, 5.41) is 0. The van der Waals surface area contributed by atoms with Crippen molar-refractivity contribution in [2.75, 3.05) is 20.1 Å². The summed E-state index contributed by atoms with van der Waals surface area (Å²) in [6, 6.07) is -0.402. The number of hydrogen-bond donors (Lipinski definition) is 2. The number of carbonyl (C=O) groups is 1. The van der Waals surface area contributed by atoms with Gasteiger partial charge in [-0.3, -0.25) is 0 Å². The first-order valence-electron chi connectivity index (χ1n) is 3.28. The van der Waals surface area contributed by atoms with Crippen molar-refractivity contribution in [3.8, 4) is 0 Å². The smallest absolute Gasteiger partial charge is 0.314 e. The van der Waals surface area contributed by atoms with Crippen LogP contribution in [0.1, 0.15) is 6.92 Å². The van der Waals surface area contributed by atoms with Gasteiger partial charge in [0.1, 0.15) is 0 Å². The predicted octanol–water partition coefficient (Wildman–Crippen LogP) is -0.408. The molecule has 0 saturated heterocycles. The van der Waals surface area contributed by atoms with Crippen LogP contribution in [-0.2, 0) is 0 Å². The first-order valence-corrected chi connectivity index (χ1v) is 3.28. The van der Waals surface area contributed by atoms with Gasteiger partial charge in [-0.1, -0.05) is 6.92 Å². The topological polar surface area (TPSA) is 72.3 Å². The second-order valence-corrected chi connectivity index (χ2v) is 2.56. The second-order valence-electron chi connectivity index (χ2n) is 2.56. The Hall–Kier alpha value is -0.770. The highest BCUT2D eigenvalue weighted by Crippen LogP contribution is 1.93. The highest BCUT2D eigenvalue weighted by atomic mass is 16.2. The Morgan fingerprint density at radius 1 is 1.70 bits per heavy atom. The maximum Gasteiger partial charge on any atom is 0.314 e. The molecule has 4 N–H and O–H groups in total. The molecule has 0 fully saturated rings. The fourth-order valence-corrected chi connectivity index (χ4v) is 0.632. The van der Waals surface area contributed by atoms with E-state index in [0.29, 0.717) is 19.0 Å². The Labute approximate surface area is 61.2 Å². The van der Waals surface area contributed by atoms with Crippen LogP contribution in [0.3, 0.4) is 0 Å². The molecular formula is C6H15N3O. The molecule has 0 aliphatic rings. The Morgan fingerprint density at radius 3 is 2.50 bits per heavy atom. The van der Waals surface area contributed by atoms with Crippen molar-refractivity contribution < 1.29 is 4.79 Å². The summed E-state index contributed by atoms with van der Waals surface area (Å²) in [4.78, 5) is 11.9. The number of hydrogen-bond acceptors (Lipinski definition) is 2. The van der Waals surface area contributed by atoms with Gasteiger partial charge in [0.2, 0.25) is 0 Å². The van der Waals surface area contributed by atoms with Crippen LogP contribution in [0.4, 0.5) is 4.79 Å². The van der Waals surface area contributed by atoms with Gasteiger partial charge < -0.3 is 16.4 Å². The molecule has 0 rings (SSSR count). The lowest BCUT2D eigenvalue weighted by Crippen LogP contribution is -2.36. The average Bonchev–Trinajstić information content (AvgIpc) is 1.87. The highest BCUT2D eigenvalue weighted by Gasteiger charge is 2.06. The lowest BCUT2D eigenvalue weighted by atomic mass is 10.2. The minimum atomic E-state index is -0.402. The average molecular weight is 145 g/mol. The molecule has 10 heavy (non-hydrogen) atoms. The molecule has 0 saturated carbocycles. The van der Waals surface area contributed by atoms with Gasteiger partial charge in [-0.15, -0.1) is 0 Å². The van der Waals surface area contributed by atoms with E-state index in [1.165, 1.54) is 4.90 Å². The molecule has 0 radical (unpaired) electrons. The lowest BCUT2D eigenvalue weighted by molar-refractivity contribution is 0.212. The molecule has 4 heteroatoms. The van der Waals surface area contributed by atoms with Crippen LogP contribution in [0.25, 0.3) is 0 Å². The third-order valence-electron chi connectivity index (χ3n) is 1.36. The van der Waals surface area contributed by atoms with E-state index in [1.54, 1.807) is 7.05 Å². The molecule has 1 atom stereocenters. The maximum atomic E-state index is 10.5. The molecule has 0 spiro atoms. The molecule has 60 valence electrons. The summed E-state index contributed by atoms with van der Waals surface area (Å²) in [6.45, 7) is 3.18. The zero-order valence-electron chi connectivity index (χ0n) is 6.50. The summed E-state index contributed by atoms with van der Waals surface area (Å²) in [5.41, 5.74) is 10.3. The summed E-state index contributed by atoms with van der Waals surface area (Å²) in [6.07, 6.45) is 0. The molecule has 1 unspecified atom stereocenters. The first kappa shape index (κ1) is 9.23. The van der Waals surface area contributed by atoms with Gasteiger partial charge in [-0.05, 0) is 12.5 Å². The van der Waals surface area contributed by atoms with Crippen LogP contribution in [0.2, 0.25) is 0 Å². The van der Waals surface area contributed by atoms with E-state index >= 15 is 0 Å². The number of primary amides is 1. The Balaban J connectivity index is 3.56. The maximum absolute atomic E-state index is 10.5. The van der Waals surface area contributed by atoms with Gasteiger partial charge in [-0.25, -0.2) is 4.79 Å². The summed E-state index contributed by atoms with van der Waals surface area (Å²) in [5.74, 6) is 0.317. The van der Waals surface area contributed by atoms with Crippen LogP contribution in [0.15, 0.2) is 0 Å². The van der Waals surface area contributed by atoms with Gasteiger partial charge in [0, 0.05) is 13.6 Å². The van der Waals surface area contributed by atoms with Crippen molar-refractivity contribution in [2.45, 2.75) is 6.92 Å². The van der Waals surface area contributed by atoms with E-state index in [-0.39, 0.29) is 0 Å². The second kappa shape index (κ2) is 4.11. The van der Waals surface area contributed by atoms with E-state index in [4.69, 9.17) is 11.5 Å². The number of nitrogens with zero attached hydrogens (tertiary/aromatic N) is 1. The summed E-state index contributed by atoms with van der Waals surface area (Å²) < 4.78 is 0. The van der Waals surface area contributed by atoms with E-state index in [2.05, 4.69) is 0 Å². The third kappa shape index (κ3) is 3.29. The number of carbonyl (C=O) groups excluding carboxylic acids is 1. The predicted molar refractivity (Wildman–Crippen MR) is 40.4 cm³/mol. The van der Waals surface area contributed by atoms with E-state index in [9.17, 15) is 4.79 Å². The Bertz CT molecular complexity index is 116. The van der Waals surface area contributed by atoms with Crippen molar-refractivity contribution in [1.29, 1.82) is 0 Å². The monoisotopic (exact) mass is 145 g/mol. The van der Waals surface area contributed by atoms with Crippen LogP contribution in [-0.4, -0.2) is 31.1 Å². The zero-order valence-corrected chi connectivity index (χ0v) is 6.50. The molecule has 0 heterocycles. The molecule has 0 aromatic carbocycles. The number of amides is 2. The largest absolute Gasteiger partial charge is 0.351 e. The fraction of sp³-hybridized carbons (Fsp3) is 0.833. The van der Waals surface area contributed by atoms with Crippen molar-refractivity contribution in [2.24, 2.45) is 17.4 Å². The molecule has 0 aliphatic carbocycles. The van der Waals surface area contributed by atoms with Crippen molar-refractivity contribution in [3.05, 3.63) is 0 Å². The number of nitrogens with two attached hydrogens (primary N) is 2. The summed E-state index contributed by atoms with van der Waals surface area (Å²) in [7, 11) is 1.66. The standard InChI is InChI=1S/C6H15N3O/c1-5(3-7)4-9(2)6(8)10/h5H,3-4,7H2,1-2H3,(H2,8,10). The van der Waals surface area contributed by atoms with E-state index in [0.717, 1.165) is 0 Å². The Morgan fingerprint density at radius 2 is 2.20 bits per heavy atom. The summed E-state index contributed by atoms with van der Waals surface area (Å²) >= 11 is 0. The van der Waals surface area contributed by atoms with Crippen molar-refractivity contribution in [3.63, 3.8) is 0 Å². The molecule has 0 bridgehead atoms. The zero-order chi connectivity index (χ0) is 8.15. The van der Waals surface area contributed by atoms with Gasteiger partial charge in [-0.2, -0.15) is 0 Å². The number of urea groups is 1. The fourth-order valence-electron chi connectivity index (χ4n) is 0.632. The SMILES string of the molecule is CC(CN)CN(C)C(N)=O. The van der Waals surface area contributed by atoms with Crippen LogP contribution >= 0.6 is 0 Å². The normalized spacial score (nSPS) is 12.7. The quantitative estimate of drug-likeness (QED) is 0.566. The van der Waals surface area contributed by atoms with Gasteiger partial charge in [0.15, 0.2) is 0 Å². The van der Waals surface area contributed by atoms with Crippen LogP contribution < -0.4 is 11.5 Å². The van der Waals surface area contributed by atoms with Crippen molar-refractivity contribution in [1.82, 2.24) is 4.90 Å². The minimum Gasteiger partial charge on any atom is -0.351 e. The van der Waals surface area contributed by atoms with Gasteiger partial charge in [0.05, 0.1) is 0 Å². The van der Waals surface area contributed by atoms with E-state index < -0.39 is 6.03 Å². The minimum absolute atomic E-state index is 0.317. The lowest BCUT2D eigenvalue weighted by Gasteiger charge is -2.17. The molecular weight excluding hydrogens is 130 g/mol. The third-order valence-corrected chi connectivity index (χ3v) is 1.36. The molecule has 0 aromatic rings. The Kier molecular flexibility index (Phi) is 3.79. The highest BCUT2D eigenvalue weighted by molar-refractivity contribution is 5.71. The van der Waals surface area contributed by atoms with Crippen LogP contribution in [0, 0.1) is 5.92 Å². The molecule has 0 aromatic heterocycles. The van der Waals surface area contributed by atoms with Gasteiger partial charge >= 0.3 is 6.03 Å². The molecule has 2 amide bonds. The van der Waals surface area contributed by atoms with Gasteiger partial charge in [0.25, 0.3) is 0 Å². The molecule has 4 nitrogen and oxygen atoms in total. The van der Waals surface area contributed by atoms with E-state index in [1.807, 2.05) is 6.92 Å². The van der Waals surface area contributed by atoms with Crippen LogP contribution in [0.5, 0.6) is 0 Å². The molecule has 0 aliphatic heterocycles. The van der Waals surface area contributed by atoms with Crippen molar-refractivity contribution >= 4 is 6.03 Å². The number of rotatable bonds is 3. The first-order chi connectivity index (χ1) is 4.57.